The van der Waals surface area contributed by atoms with Gasteiger partial charge in [-0.25, -0.2) is 4.98 Å². The molecule has 0 radical (unpaired) electrons. The lowest BCUT2D eigenvalue weighted by Crippen LogP contribution is -2.02. The minimum absolute atomic E-state index is 0.674. The fraction of sp³-hybridized carbons (Fsp3) is 0.400. The quantitative estimate of drug-likeness (QED) is 0.880. The third-order valence-electron chi connectivity index (χ3n) is 3.29. The maximum absolute atomic E-state index is 6.17. The van der Waals surface area contributed by atoms with Crippen LogP contribution in [0.25, 0.3) is 11.3 Å². The molecule has 2 N–H and O–H groups in total. The number of anilines is 1. The molecule has 0 atom stereocenters. The largest absolute Gasteiger partial charge is 0.493 e. The molecule has 1 heterocycles. The molecular formula is C15H21N3O2. The van der Waals surface area contributed by atoms with Gasteiger partial charge in [0.15, 0.2) is 11.5 Å². The minimum Gasteiger partial charge on any atom is -0.493 e. The standard InChI is InChI=1S/C15H21N3O2/c1-4-5-8-18-10-17-14(15(18)16)11-6-7-12(19-2)13(9-11)20-3/h6-7,9-10H,4-5,8,16H2,1-3H3. The molecule has 5 heteroatoms. The first-order valence-corrected chi connectivity index (χ1v) is 6.74. The van der Waals surface area contributed by atoms with Crippen LogP contribution in [-0.4, -0.2) is 23.8 Å². The average Bonchev–Trinajstić information content (AvgIpc) is 2.85. The molecule has 0 unspecified atom stereocenters. The Morgan fingerprint density at radius 2 is 1.95 bits per heavy atom. The summed E-state index contributed by atoms with van der Waals surface area (Å²) in [6, 6.07) is 5.69. The van der Waals surface area contributed by atoms with E-state index in [9.17, 15) is 0 Å². The molecule has 0 amide bonds. The van der Waals surface area contributed by atoms with Crippen LogP contribution in [0.1, 0.15) is 19.8 Å². The first-order chi connectivity index (χ1) is 9.71. The van der Waals surface area contributed by atoms with Crippen molar-refractivity contribution in [3.8, 4) is 22.8 Å². The molecule has 20 heavy (non-hydrogen) atoms. The van der Waals surface area contributed by atoms with Crippen molar-refractivity contribution in [3.05, 3.63) is 24.5 Å². The molecule has 0 aliphatic rings. The van der Waals surface area contributed by atoms with Crippen molar-refractivity contribution >= 4 is 5.82 Å². The fourth-order valence-electron chi connectivity index (χ4n) is 2.10. The van der Waals surface area contributed by atoms with Crippen molar-refractivity contribution < 1.29 is 9.47 Å². The number of nitrogen functional groups attached to an aromatic ring is 1. The fourth-order valence-corrected chi connectivity index (χ4v) is 2.10. The number of aryl methyl sites for hydroxylation is 1. The maximum Gasteiger partial charge on any atom is 0.161 e. The summed E-state index contributed by atoms with van der Waals surface area (Å²) >= 11 is 0. The number of rotatable bonds is 6. The van der Waals surface area contributed by atoms with Gasteiger partial charge >= 0.3 is 0 Å². The van der Waals surface area contributed by atoms with Crippen LogP contribution in [0.4, 0.5) is 5.82 Å². The van der Waals surface area contributed by atoms with Crippen LogP contribution in [0, 0.1) is 0 Å². The molecule has 5 nitrogen and oxygen atoms in total. The van der Waals surface area contributed by atoms with Gasteiger partial charge in [0.05, 0.1) is 20.5 Å². The molecule has 0 saturated heterocycles. The molecule has 0 saturated carbocycles. The predicted octanol–water partition coefficient (Wildman–Crippen LogP) is 2.95. The SMILES string of the molecule is CCCCn1cnc(-c2ccc(OC)c(OC)c2)c1N. The molecule has 0 bridgehead atoms. The van der Waals surface area contributed by atoms with Gasteiger partial charge in [-0.2, -0.15) is 0 Å². The van der Waals surface area contributed by atoms with Crippen molar-refractivity contribution in [3.63, 3.8) is 0 Å². The van der Waals surface area contributed by atoms with Gasteiger partial charge < -0.3 is 19.8 Å². The number of nitrogens with zero attached hydrogens (tertiary/aromatic N) is 2. The zero-order chi connectivity index (χ0) is 14.5. The number of nitrogens with two attached hydrogens (primary N) is 1. The second kappa shape index (κ2) is 6.32. The zero-order valence-corrected chi connectivity index (χ0v) is 12.2. The molecule has 2 aromatic rings. The Balaban J connectivity index is 2.34. The molecule has 108 valence electrons. The number of imidazole rings is 1. The highest BCUT2D eigenvalue weighted by Gasteiger charge is 2.12. The van der Waals surface area contributed by atoms with Crippen molar-refractivity contribution in [2.24, 2.45) is 0 Å². The van der Waals surface area contributed by atoms with Gasteiger partial charge in [-0.15, -0.1) is 0 Å². The second-order valence-electron chi connectivity index (χ2n) is 4.60. The van der Waals surface area contributed by atoms with Crippen molar-refractivity contribution in [1.29, 1.82) is 0 Å². The van der Waals surface area contributed by atoms with Crippen molar-refractivity contribution in [2.45, 2.75) is 26.3 Å². The van der Waals surface area contributed by atoms with E-state index in [-0.39, 0.29) is 0 Å². The highest BCUT2D eigenvalue weighted by atomic mass is 16.5. The van der Waals surface area contributed by atoms with Crippen LogP contribution in [-0.2, 0) is 6.54 Å². The van der Waals surface area contributed by atoms with Crippen LogP contribution in [0.3, 0.4) is 0 Å². The second-order valence-corrected chi connectivity index (χ2v) is 4.60. The van der Waals surface area contributed by atoms with Gasteiger partial charge in [0.25, 0.3) is 0 Å². The summed E-state index contributed by atoms with van der Waals surface area (Å²) < 4.78 is 12.5. The van der Waals surface area contributed by atoms with E-state index in [4.69, 9.17) is 15.2 Å². The number of methoxy groups -OCH3 is 2. The molecule has 1 aromatic carbocycles. The van der Waals surface area contributed by atoms with E-state index in [2.05, 4.69) is 11.9 Å². The Morgan fingerprint density at radius 1 is 1.20 bits per heavy atom. The van der Waals surface area contributed by atoms with E-state index in [0.717, 1.165) is 30.6 Å². The molecule has 2 rings (SSSR count). The monoisotopic (exact) mass is 275 g/mol. The van der Waals surface area contributed by atoms with Gasteiger partial charge in [-0.3, -0.25) is 0 Å². The first-order valence-electron chi connectivity index (χ1n) is 6.74. The first kappa shape index (κ1) is 14.2. The smallest absolute Gasteiger partial charge is 0.161 e. The Morgan fingerprint density at radius 3 is 2.60 bits per heavy atom. The number of benzene rings is 1. The third kappa shape index (κ3) is 2.71. The Bertz CT molecular complexity index is 578. The molecule has 0 fully saturated rings. The Hall–Kier alpha value is -2.17. The normalized spacial score (nSPS) is 10.6. The predicted molar refractivity (Wildman–Crippen MR) is 80.1 cm³/mol. The van der Waals surface area contributed by atoms with E-state index in [1.54, 1.807) is 20.5 Å². The van der Waals surface area contributed by atoms with Crippen molar-refractivity contribution in [1.82, 2.24) is 9.55 Å². The van der Waals surface area contributed by atoms with E-state index >= 15 is 0 Å². The summed E-state index contributed by atoms with van der Waals surface area (Å²) in [6.07, 6.45) is 4.01. The number of aromatic nitrogens is 2. The van der Waals surface area contributed by atoms with Crippen LogP contribution in [0.5, 0.6) is 11.5 Å². The minimum atomic E-state index is 0.674. The Kier molecular flexibility index (Phi) is 4.50. The van der Waals surface area contributed by atoms with Crippen molar-refractivity contribution in [2.75, 3.05) is 20.0 Å². The molecule has 0 spiro atoms. The van der Waals surface area contributed by atoms with E-state index in [0.29, 0.717) is 17.3 Å². The Labute approximate surface area is 119 Å². The summed E-state index contributed by atoms with van der Waals surface area (Å²) in [5.41, 5.74) is 7.87. The van der Waals surface area contributed by atoms with E-state index < -0.39 is 0 Å². The third-order valence-corrected chi connectivity index (χ3v) is 3.29. The van der Waals surface area contributed by atoms with Crippen LogP contribution < -0.4 is 15.2 Å². The van der Waals surface area contributed by atoms with Gasteiger partial charge in [0.1, 0.15) is 11.5 Å². The van der Waals surface area contributed by atoms with E-state index in [1.165, 1.54) is 0 Å². The lowest BCUT2D eigenvalue weighted by Gasteiger charge is -2.09. The highest BCUT2D eigenvalue weighted by molar-refractivity contribution is 5.72. The molecular weight excluding hydrogens is 254 g/mol. The van der Waals surface area contributed by atoms with Gasteiger partial charge in [-0.1, -0.05) is 13.3 Å². The lowest BCUT2D eigenvalue weighted by molar-refractivity contribution is 0.355. The molecule has 0 aliphatic carbocycles. The number of ether oxygens (including phenoxy) is 2. The van der Waals surface area contributed by atoms with Crippen LogP contribution in [0.15, 0.2) is 24.5 Å². The number of unbranched alkanes of at least 4 members (excludes halogenated alkanes) is 1. The summed E-state index contributed by atoms with van der Waals surface area (Å²) in [6.45, 7) is 3.05. The molecule has 0 aliphatic heterocycles. The van der Waals surface area contributed by atoms with Gasteiger partial charge in [0.2, 0.25) is 0 Å². The summed E-state index contributed by atoms with van der Waals surface area (Å²) in [5, 5.41) is 0. The topological polar surface area (TPSA) is 62.3 Å². The highest BCUT2D eigenvalue weighted by Crippen LogP contribution is 2.33. The number of hydrogen-bond acceptors (Lipinski definition) is 4. The van der Waals surface area contributed by atoms with Gasteiger partial charge in [0, 0.05) is 12.1 Å². The van der Waals surface area contributed by atoms with Gasteiger partial charge in [-0.05, 0) is 24.6 Å². The lowest BCUT2D eigenvalue weighted by atomic mass is 10.1. The zero-order valence-electron chi connectivity index (χ0n) is 12.2. The van der Waals surface area contributed by atoms with Crippen LogP contribution >= 0.6 is 0 Å². The number of hydrogen-bond donors (Lipinski definition) is 1. The average molecular weight is 275 g/mol. The summed E-state index contributed by atoms with van der Waals surface area (Å²) in [7, 11) is 3.23. The summed E-state index contributed by atoms with van der Waals surface area (Å²) in [5.74, 6) is 2.05. The maximum atomic E-state index is 6.17. The van der Waals surface area contributed by atoms with E-state index in [1.807, 2.05) is 22.8 Å². The molecule has 1 aromatic heterocycles. The van der Waals surface area contributed by atoms with Crippen LogP contribution in [0.2, 0.25) is 0 Å². The summed E-state index contributed by atoms with van der Waals surface area (Å²) in [4.78, 5) is 4.41.